The average Bonchev–Trinajstić information content (AvgIpc) is 2.79. The fraction of sp³-hybridized carbons (Fsp3) is 0.200. The maximum atomic E-state index is 9.32. The van der Waals surface area contributed by atoms with Crippen molar-refractivity contribution in [3.8, 4) is 11.5 Å². The molecule has 0 saturated carbocycles. The second kappa shape index (κ2) is 4.60. The third kappa shape index (κ3) is 2.57. The van der Waals surface area contributed by atoms with Crippen molar-refractivity contribution in [2.75, 3.05) is 17.7 Å². The first kappa shape index (κ1) is 11.1. The van der Waals surface area contributed by atoms with Gasteiger partial charge in [0.05, 0.1) is 0 Å². The van der Waals surface area contributed by atoms with Gasteiger partial charge in [-0.05, 0) is 17.7 Å². The smallest absolute Gasteiger partial charge is 0.223 e. The summed E-state index contributed by atoms with van der Waals surface area (Å²) in [6, 6.07) is 4.63. The lowest BCUT2D eigenvalue weighted by Gasteiger charge is -2.04. The molecule has 1 aromatic heterocycles. The number of phenolic OH excluding ortho intramolecular Hbond substituents is 2. The van der Waals surface area contributed by atoms with Gasteiger partial charge in [0.1, 0.15) is 0 Å². The van der Waals surface area contributed by atoms with Crippen LogP contribution in [-0.4, -0.2) is 32.4 Å². The van der Waals surface area contributed by atoms with Crippen molar-refractivity contribution < 1.29 is 10.2 Å². The Morgan fingerprint density at radius 3 is 2.59 bits per heavy atom. The zero-order valence-corrected chi connectivity index (χ0v) is 9.23. The van der Waals surface area contributed by atoms with Crippen LogP contribution in [0.4, 0.5) is 11.9 Å². The Balaban J connectivity index is 1.99. The first-order valence-electron chi connectivity index (χ1n) is 5.04. The highest BCUT2D eigenvalue weighted by Crippen LogP contribution is 2.24. The predicted molar refractivity (Wildman–Crippen MR) is 63.0 cm³/mol. The number of nitrogens with one attached hydrogen (secondary N) is 3. The normalized spacial score (nSPS) is 10.2. The van der Waals surface area contributed by atoms with Gasteiger partial charge in [0.15, 0.2) is 11.5 Å². The summed E-state index contributed by atoms with van der Waals surface area (Å²) in [5.74, 6) is 0.826. The molecule has 0 saturated heterocycles. The standard InChI is InChI=1S/C10H13N5O2/c1-11-9-13-10(15-14-9)12-5-6-2-3-7(16)8(17)4-6/h2-4,16-17H,5H2,1H3,(H3,11,12,13,14,15). The van der Waals surface area contributed by atoms with Gasteiger partial charge < -0.3 is 20.8 Å². The number of anilines is 2. The van der Waals surface area contributed by atoms with E-state index >= 15 is 0 Å². The summed E-state index contributed by atoms with van der Waals surface area (Å²) < 4.78 is 0. The molecule has 1 aromatic carbocycles. The van der Waals surface area contributed by atoms with E-state index in [0.29, 0.717) is 18.4 Å². The summed E-state index contributed by atoms with van der Waals surface area (Å²) in [6.45, 7) is 0.464. The summed E-state index contributed by atoms with van der Waals surface area (Å²) in [4.78, 5) is 2.90. The zero-order valence-electron chi connectivity index (χ0n) is 9.23. The number of aromatic nitrogens is 3. The van der Waals surface area contributed by atoms with Crippen molar-refractivity contribution in [3.63, 3.8) is 0 Å². The van der Waals surface area contributed by atoms with Crippen LogP contribution in [0.2, 0.25) is 0 Å². The van der Waals surface area contributed by atoms with E-state index in [-0.39, 0.29) is 11.5 Å². The first-order chi connectivity index (χ1) is 8.19. The molecule has 5 N–H and O–H groups in total. The van der Waals surface area contributed by atoms with Crippen LogP contribution >= 0.6 is 0 Å². The molecule has 7 nitrogen and oxygen atoms in total. The molecule has 2 rings (SSSR count). The molecule has 17 heavy (non-hydrogen) atoms. The zero-order chi connectivity index (χ0) is 12.3. The van der Waals surface area contributed by atoms with Crippen LogP contribution < -0.4 is 10.6 Å². The van der Waals surface area contributed by atoms with Gasteiger partial charge in [-0.15, -0.1) is 10.2 Å². The lowest BCUT2D eigenvalue weighted by atomic mass is 10.2. The van der Waals surface area contributed by atoms with Gasteiger partial charge in [0.2, 0.25) is 11.9 Å². The molecule has 1 heterocycles. The van der Waals surface area contributed by atoms with Crippen molar-refractivity contribution in [3.05, 3.63) is 23.8 Å². The van der Waals surface area contributed by atoms with Crippen molar-refractivity contribution >= 4 is 11.9 Å². The maximum absolute atomic E-state index is 9.32. The Hall–Kier alpha value is -2.44. The van der Waals surface area contributed by atoms with Crippen molar-refractivity contribution in [1.82, 2.24) is 15.2 Å². The van der Waals surface area contributed by atoms with Crippen molar-refractivity contribution in [2.24, 2.45) is 0 Å². The number of nitrogens with zero attached hydrogens (tertiary/aromatic N) is 2. The maximum Gasteiger partial charge on any atom is 0.223 e. The van der Waals surface area contributed by atoms with E-state index in [9.17, 15) is 5.11 Å². The number of hydrogen-bond donors (Lipinski definition) is 5. The minimum absolute atomic E-state index is 0.133. The molecule has 0 bridgehead atoms. The number of aromatic hydroxyl groups is 2. The van der Waals surface area contributed by atoms with Gasteiger partial charge in [0, 0.05) is 13.6 Å². The van der Waals surface area contributed by atoms with Gasteiger partial charge >= 0.3 is 0 Å². The minimum Gasteiger partial charge on any atom is -0.504 e. The van der Waals surface area contributed by atoms with E-state index in [1.54, 1.807) is 13.1 Å². The molecule has 0 aliphatic rings. The van der Waals surface area contributed by atoms with Crippen LogP contribution in [0.25, 0.3) is 0 Å². The monoisotopic (exact) mass is 235 g/mol. The molecule has 0 aliphatic carbocycles. The van der Waals surface area contributed by atoms with E-state index in [2.05, 4.69) is 25.8 Å². The van der Waals surface area contributed by atoms with E-state index < -0.39 is 0 Å². The molecule has 0 spiro atoms. The number of hydrogen-bond acceptors (Lipinski definition) is 6. The van der Waals surface area contributed by atoms with Gasteiger partial charge in [-0.3, -0.25) is 4.98 Å². The summed E-state index contributed by atoms with van der Waals surface area (Å²) in [5.41, 5.74) is 0.822. The summed E-state index contributed by atoms with van der Waals surface area (Å²) >= 11 is 0. The number of phenols is 2. The summed E-state index contributed by atoms with van der Waals surface area (Å²) in [7, 11) is 1.74. The second-order valence-corrected chi connectivity index (χ2v) is 3.45. The molecule has 0 unspecified atom stereocenters. The Kier molecular flexibility index (Phi) is 2.99. The Bertz CT molecular complexity index is 511. The molecule has 2 aromatic rings. The number of aromatic amines is 1. The number of benzene rings is 1. The topological polar surface area (TPSA) is 106 Å². The fourth-order valence-corrected chi connectivity index (χ4v) is 1.32. The van der Waals surface area contributed by atoms with Crippen molar-refractivity contribution in [2.45, 2.75) is 6.54 Å². The van der Waals surface area contributed by atoms with Crippen LogP contribution in [0.5, 0.6) is 11.5 Å². The van der Waals surface area contributed by atoms with E-state index in [1.165, 1.54) is 12.1 Å². The molecule has 0 fully saturated rings. The highest BCUT2D eigenvalue weighted by molar-refractivity contribution is 5.42. The lowest BCUT2D eigenvalue weighted by Crippen LogP contribution is -2.00. The van der Waals surface area contributed by atoms with Crippen LogP contribution in [0.15, 0.2) is 18.2 Å². The third-order valence-electron chi connectivity index (χ3n) is 2.22. The van der Waals surface area contributed by atoms with Gasteiger partial charge in [-0.1, -0.05) is 6.07 Å². The average molecular weight is 235 g/mol. The quantitative estimate of drug-likeness (QED) is 0.503. The molecule has 0 amide bonds. The van der Waals surface area contributed by atoms with E-state index in [0.717, 1.165) is 5.56 Å². The number of rotatable bonds is 4. The molecular formula is C10H13N5O2. The summed E-state index contributed by atoms with van der Waals surface area (Å²) in [6.07, 6.45) is 0. The highest BCUT2D eigenvalue weighted by Gasteiger charge is 2.03. The van der Waals surface area contributed by atoms with E-state index in [4.69, 9.17) is 5.11 Å². The fourth-order valence-electron chi connectivity index (χ4n) is 1.32. The van der Waals surface area contributed by atoms with Gasteiger partial charge in [-0.2, -0.15) is 0 Å². The lowest BCUT2D eigenvalue weighted by molar-refractivity contribution is 0.403. The molecule has 0 radical (unpaired) electrons. The van der Waals surface area contributed by atoms with Crippen LogP contribution in [0, 0.1) is 0 Å². The molecule has 0 aliphatic heterocycles. The predicted octanol–water partition coefficient (Wildman–Crippen LogP) is 0.870. The first-order valence-corrected chi connectivity index (χ1v) is 5.04. The van der Waals surface area contributed by atoms with Crippen LogP contribution in [-0.2, 0) is 6.54 Å². The largest absolute Gasteiger partial charge is 0.504 e. The minimum atomic E-state index is -0.141. The molecule has 0 atom stereocenters. The molecule has 90 valence electrons. The second-order valence-electron chi connectivity index (χ2n) is 3.45. The highest BCUT2D eigenvalue weighted by atomic mass is 16.3. The number of H-pyrrole nitrogens is 1. The van der Waals surface area contributed by atoms with Crippen LogP contribution in [0.3, 0.4) is 0 Å². The van der Waals surface area contributed by atoms with Gasteiger partial charge in [0.25, 0.3) is 0 Å². The molecular weight excluding hydrogens is 222 g/mol. The molecule has 7 heteroatoms. The Morgan fingerprint density at radius 1 is 1.18 bits per heavy atom. The SMILES string of the molecule is CNc1nnc(NCc2ccc(O)c(O)c2)[nH]1. The Morgan fingerprint density at radius 2 is 1.94 bits per heavy atom. The summed E-state index contributed by atoms with van der Waals surface area (Å²) in [5, 5.41) is 32.0. The Labute approximate surface area is 97.5 Å². The van der Waals surface area contributed by atoms with E-state index in [1.807, 2.05) is 0 Å². The van der Waals surface area contributed by atoms with Crippen LogP contribution in [0.1, 0.15) is 5.56 Å². The third-order valence-corrected chi connectivity index (χ3v) is 2.22. The van der Waals surface area contributed by atoms with Gasteiger partial charge in [-0.25, -0.2) is 0 Å². The van der Waals surface area contributed by atoms with Crippen molar-refractivity contribution in [1.29, 1.82) is 0 Å².